The van der Waals surface area contributed by atoms with Crippen LogP contribution in [0.25, 0.3) is 0 Å². The SMILES string of the molecule is CCCCN(C(=O)Cn1c(C)csc1=O)C(C)CC. The molecule has 1 heterocycles. The normalized spacial score (nSPS) is 12.4. The zero-order chi connectivity index (χ0) is 14.4. The quantitative estimate of drug-likeness (QED) is 0.772. The molecule has 0 spiro atoms. The molecule has 0 bridgehead atoms. The Morgan fingerprint density at radius 1 is 1.47 bits per heavy atom. The number of hydrogen-bond acceptors (Lipinski definition) is 3. The maximum Gasteiger partial charge on any atom is 0.307 e. The third-order valence-electron chi connectivity index (χ3n) is 3.47. The molecule has 108 valence electrons. The highest BCUT2D eigenvalue weighted by Gasteiger charge is 2.19. The number of unbranched alkanes of at least 4 members (excludes halogenated alkanes) is 1. The van der Waals surface area contributed by atoms with Crippen LogP contribution in [0.3, 0.4) is 0 Å². The van der Waals surface area contributed by atoms with Crippen molar-refractivity contribution in [3.8, 4) is 0 Å². The number of aryl methyl sites for hydroxylation is 1. The Kier molecular flexibility index (Phi) is 6.28. The van der Waals surface area contributed by atoms with E-state index in [9.17, 15) is 9.59 Å². The number of rotatable bonds is 7. The molecule has 0 N–H and O–H groups in total. The van der Waals surface area contributed by atoms with Crippen LogP contribution in [0.4, 0.5) is 0 Å². The molecule has 19 heavy (non-hydrogen) atoms. The molecule has 0 fully saturated rings. The molecule has 0 aliphatic carbocycles. The minimum Gasteiger partial charge on any atom is -0.338 e. The minimum atomic E-state index is -0.0505. The molecule has 1 aromatic heterocycles. The van der Waals surface area contributed by atoms with Crippen LogP contribution in [0.1, 0.15) is 45.7 Å². The van der Waals surface area contributed by atoms with Gasteiger partial charge in [-0.3, -0.25) is 14.2 Å². The van der Waals surface area contributed by atoms with Crippen LogP contribution < -0.4 is 4.87 Å². The summed E-state index contributed by atoms with van der Waals surface area (Å²) in [5, 5.41) is 1.80. The predicted octanol–water partition coefficient (Wildman–Crippen LogP) is 2.65. The van der Waals surface area contributed by atoms with Crippen LogP contribution in [0.5, 0.6) is 0 Å². The topological polar surface area (TPSA) is 42.3 Å². The van der Waals surface area contributed by atoms with E-state index in [1.54, 1.807) is 9.95 Å². The van der Waals surface area contributed by atoms with E-state index in [-0.39, 0.29) is 23.4 Å². The second-order valence-corrected chi connectivity index (χ2v) is 5.75. The summed E-state index contributed by atoms with van der Waals surface area (Å²) in [7, 11) is 0. The summed E-state index contributed by atoms with van der Waals surface area (Å²) < 4.78 is 1.56. The van der Waals surface area contributed by atoms with Crippen molar-refractivity contribution in [2.45, 2.75) is 59.5 Å². The average Bonchev–Trinajstić information content (AvgIpc) is 2.70. The summed E-state index contributed by atoms with van der Waals surface area (Å²) in [4.78, 5) is 25.9. The zero-order valence-electron chi connectivity index (χ0n) is 12.3. The summed E-state index contributed by atoms with van der Waals surface area (Å²) >= 11 is 1.15. The highest BCUT2D eigenvalue weighted by Crippen LogP contribution is 2.08. The van der Waals surface area contributed by atoms with E-state index in [1.165, 1.54) is 0 Å². The standard InChI is InChI=1S/C14H24N2O2S/c1-5-7-8-15(11(3)6-2)13(17)9-16-12(4)10-19-14(16)18/h10-11H,5-9H2,1-4H3. The fraction of sp³-hybridized carbons (Fsp3) is 0.714. The molecular formula is C14H24N2O2S. The predicted molar refractivity (Wildman–Crippen MR) is 79.7 cm³/mol. The number of amides is 1. The number of aromatic nitrogens is 1. The average molecular weight is 284 g/mol. The van der Waals surface area contributed by atoms with E-state index in [1.807, 2.05) is 11.8 Å². The first kappa shape index (κ1) is 16.0. The highest BCUT2D eigenvalue weighted by atomic mass is 32.1. The van der Waals surface area contributed by atoms with E-state index in [4.69, 9.17) is 0 Å². The lowest BCUT2D eigenvalue weighted by Crippen LogP contribution is -2.42. The summed E-state index contributed by atoms with van der Waals surface area (Å²) in [6.45, 7) is 9.08. The van der Waals surface area contributed by atoms with Gasteiger partial charge in [0.15, 0.2) is 0 Å². The zero-order valence-corrected chi connectivity index (χ0v) is 13.1. The van der Waals surface area contributed by atoms with E-state index in [2.05, 4.69) is 20.8 Å². The van der Waals surface area contributed by atoms with Gasteiger partial charge in [0.05, 0.1) is 0 Å². The monoisotopic (exact) mass is 284 g/mol. The van der Waals surface area contributed by atoms with Crippen LogP contribution in [0, 0.1) is 6.92 Å². The van der Waals surface area contributed by atoms with Crippen molar-refractivity contribution in [1.82, 2.24) is 9.47 Å². The Bertz CT molecular complexity index is 464. The van der Waals surface area contributed by atoms with Gasteiger partial charge in [-0.1, -0.05) is 31.6 Å². The van der Waals surface area contributed by atoms with Gasteiger partial charge in [0.2, 0.25) is 5.91 Å². The van der Waals surface area contributed by atoms with E-state index >= 15 is 0 Å². The number of thiazole rings is 1. The van der Waals surface area contributed by atoms with E-state index < -0.39 is 0 Å². The van der Waals surface area contributed by atoms with Crippen molar-refractivity contribution in [3.05, 3.63) is 20.7 Å². The van der Waals surface area contributed by atoms with Crippen molar-refractivity contribution < 1.29 is 4.79 Å². The van der Waals surface area contributed by atoms with Gasteiger partial charge in [-0.15, -0.1) is 0 Å². The fourth-order valence-electron chi connectivity index (χ4n) is 1.96. The minimum absolute atomic E-state index is 0.0476. The first-order valence-corrected chi connectivity index (χ1v) is 7.83. The Hall–Kier alpha value is -1.10. The summed E-state index contributed by atoms with van der Waals surface area (Å²) in [6, 6.07) is 0.230. The fourth-order valence-corrected chi connectivity index (χ4v) is 2.70. The molecule has 1 rings (SSSR count). The molecule has 1 atom stereocenters. The Morgan fingerprint density at radius 2 is 2.16 bits per heavy atom. The van der Waals surface area contributed by atoms with Crippen molar-refractivity contribution in [3.63, 3.8) is 0 Å². The van der Waals surface area contributed by atoms with Crippen molar-refractivity contribution in [2.24, 2.45) is 0 Å². The molecule has 0 aliphatic heterocycles. The van der Waals surface area contributed by atoms with Crippen LogP contribution in [-0.4, -0.2) is 28.0 Å². The van der Waals surface area contributed by atoms with Gasteiger partial charge in [0, 0.05) is 23.7 Å². The van der Waals surface area contributed by atoms with Crippen molar-refractivity contribution in [1.29, 1.82) is 0 Å². The number of carbonyl (C=O) groups excluding carboxylic acids is 1. The van der Waals surface area contributed by atoms with Gasteiger partial charge in [-0.2, -0.15) is 0 Å². The molecule has 1 aromatic rings. The Labute approximate surface area is 119 Å². The molecule has 0 saturated carbocycles. The maximum atomic E-state index is 12.4. The lowest BCUT2D eigenvalue weighted by atomic mass is 10.2. The summed E-state index contributed by atoms with van der Waals surface area (Å²) in [6.07, 6.45) is 3.01. The van der Waals surface area contributed by atoms with Gasteiger partial charge in [0.1, 0.15) is 6.54 Å². The molecule has 0 aromatic carbocycles. The van der Waals surface area contributed by atoms with E-state index in [0.29, 0.717) is 0 Å². The van der Waals surface area contributed by atoms with Crippen LogP contribution >= 0.6 is 11.3 Å². The number of carbonyl (C=O) groups is 1. The molecule has 0 saturated heterocycles. The smallest absolute Gasteiger partial charge is 0.307 e. The van der Waals surface area contributed by atoms with Gasteiger partial charge >= 0.3 is 4.87 Å². The van der Waals surface area contributed by atoms with Gasteiger partial charge in [-0.25, -0.2) is 0 Å². The third kappa shape index (κ3) is 4.20. The lowest BCUT2D eigenvalue weighted by molar-refractivity contribution is -0.134. The van der Waals surface area contributed by atoms with Gasteiger partial charge < -0.3 is 4.90 Å². The second-order valence-electron chi connectivity index (χ2n) is 4.93. The Balaban J connectivity index is 2.79. The van der Waals surface area contributed by atoms with E-state index in [0.717, 1.165) is 42.8 Å². The van der Waals surface area contributed by atoms with Crippen LogP contribution in [0.2, 0.25) is 0 Å². The van der Waals surface area contributed by atoms with Gasteiger partial charge in [0.25, 0.3) is 0 Å². The number of hydrogen-bond donors (Lipinski definition) is 0. The molecule has 1 amide bonds. The lowest BCUT2D eigenvalue weighted by Gasteiger charge is -2.28. The molecule has 4 nitrogen and oxygen atoms in total. The van der Waals surface area contributed by atoms with Crippen LogP contribution in [-0.2, 0) is 11.3 Å². The van der Waals surface area contributed by atoms with Crippen LogP contribution in [0.15, 0.2) is 10.2 Å². The third-order valence-corrected chi connectivity index (χ3v) is 4.35. The molecule has 0 aliphatic rings. The maximum absolute atomic E-state index is 12.4. The molecule has 5 heteroatoms. The molecule has 0 radical (unpaired) electrons. The molecule has 1 unspecified atom stereocenters. The van der Waals surface area contributed by atoms with Gasteiger partial charge in [-0.05, 0) is 26.7 Å². The molecular weight excluding hydrogens is 260 g/mol. The van der Waals surface area contributed by atoms with Crippen molar-refractivity contribution in [2.75, 3.05) is 6.54 Å². The largest absolute Gasteiger partial charge is 0.338 e. The summed E-state index contributed by atoms with van der Waals surface area (Å²) in [5.74, 6) is 0.0476. The second kappa shape index (κ2) is 7.48. The van der Waals surface area contributed by atoms with Crippen molar-refractivity contribution >= 4 is 17.2 Å². The number of nitrogens with zero attached hydrogens (tertiary/aromatic N) is 2. The summed E-state index contributed by atoms with van der Waals surface area (Å²) in [5.41, 5.74) is 0.864. The Morgan fingerprint density at radius 3 is 2.63 bits per heavy atom. The highest BCUT2D eigenvalue weighted by molar-refractivity contribution is 7.07. The first-order chi connectivity index (χ1) is 9.01. The first-order valence-electron chi connectivity index (χ1n) is 6.95.